The number of fused-ring (bicyclic) bond motifs is 1. The second-order valence-electron chi connectivity index (χ2n) is 9.42. The minimum absolute atomic E-state index is 0.0479. The zero-order valence-corrected chi connectivity index (χ0v) is 19.0. The van der Waals surface area contributed by atoms with Gasteiger partial charge >= 0.3 is 5.97 Å². The summed E-state index contributed by atoms with van der Waals surface area (Å²) in [6.45, 7) is 5.50. The Morgan fingerprint density at radius 2 is 2.06 bits per heavy atom. The molecule has 1 aliphatic carbocycles. The molecule has 8 nitrogen and oxygen atoms in total. The predicted molar refractivity (Wildman–Crippen MR) is 123 cm³/mol. The van der Waals surface area contributed by atoms with E-state index in [9.17, 15) is 20.0 Å². The third-order valence-corrected chi connectivity index (χ3v) is 6.91. The van der Waals surface area contributed by atoms with Crippen LogP contribution in [0.15, 0.2) is 23.1 Å². The Morgan fingerprint density at radius 1 is 1.34 bits per heavy atom. The van der Waals surface area contributed by atoms with E-state index >= 15 is 0 Å². The average Bonchev–Trinajstić information content (AvgIpc) is 3.50. The van der Waals surface area contributed by atoms with E-state index < -0.39 is 16.8 Å². The van der Waals surface area contributed by atoms with Crippen LogP contribution in [0, 0.1) is 22.7 Å². The molecule has 0 bridgehead atoms. The number of carboxylic acids is 1. The molecule has 1 aromatic carbocycles. The molecule has 2 heterocycles. The van der Waals surface area contributed by atoms with Crippen molar-refractivity contribution in [2.45, 2.75) is 45.2 Å². The van der Waals surface area contributed by atoms with Crippen LogP contribution in [0.25, 0.3) is 10.9 Å². The van der Waals surface area contributed by atoms with Gasteiger partial charge in [-0.3, -0.25) is 4.79 Å². The fraction of sp³-hybridized carbons (Fsp3) is 0.542. The number of nitrogens with zero attached hydrogens (tertiary/aromatic N) is 3. The van der Waals surface area contributed by atoms with Crippen molar-refractivity contribution in [2.24, 2.45) is 11.3 Å². The van der Waals surface area contributed by atoms with Gasteiger partial charge in [-0.2, -0.15) is 5.26 Å². The zero-order chi connectivity index (χ0) is 23.2. The quantitative estimate of drug-likeness (QED) is 0.684. The molecular weight excluding hydrogens is 408 g/mol. The standard InChI is InChI=1S/C24H30N4O4/c1-24(2,13-25)22(26-3)14-9-10-27(11-14)18-8-7-16-19(21(18)32-4)28(15-5-6-15)12-17(20(16)29)23(30)31/h7-8,12,14-15,22,26H,5-6,9-11H2,1-4H3,(H,30,31). The Balaban J connectivity index is 1.79. The summed E-state index contributed by atoms with van der Waals surface area (Å²) in [5.41, 5.74) is 0.357. The zero-order valence-electron chi connectivity index (χ0n) is 19.0. The van der Waals surface area contributed by atoms with Crippen LogP contribution in [0.4, 0.5) is 5.69 Å². The van der Waals surface area contributed by atoms with Crippen LogP contribution in [-0.4, -0.2) is 48.9 Å². The topological polar surface area (TPSA) is 108 Å². The van der Waals surface area contributed by atoms with Gasteiger partial charge in [-0.15, -0.1) is 0 Å². The molecule has 8 heteroatoms. The molecule has 1 aromatic heterocycles. The molecule has 2 aromatic rings. The normalized spacial score (nSPS) is 19.7. The highest BCUT2D eigenvalue weighted by atomic mass is 16.5. The molecule has 170 valence electrons. The van der Waals surface area contributed by atoms with Crippen molar-refractivity contribution in [1.29, 1.82) is 5.26 Å². The summed E-state index contributed by atoms with van der Waals surface area (Å²) in [6.07, 6.45) is 4.30. The summed E-state index contributed by atoms with van der Waals surface area (Å²) in [7, 11) is 3.49. The van der Waals surface area contributed by atoms with E-state index in [1.165, 1.54) is 6.20 Å². The number of carboxylic acid groups (broad SMARTS) is 1. The van der Waals surface area contributed by atoms with E-state index in [2.05, 4.69) is 16.3 Å². The fourth-order valence-corrected chi connectivity index (χ4v) is 5.18. The maximum absolute atomic E-state index is 12.9. The first kappa shape index (κ1) is 22.2. The van der Waals surface area contributed by atoms with Crippen molar-refractivity contribution < 1.29 is 14.6 Å². The molecule has 1 aliphatic heterocycles. The van der Waals surface area contributed by atoms with Crippen LogP contribution >= 0.6 is 0 Å². The van der Waals surface area contributed by atoms with Gasteiger partial charge in [0, 0.05) is 31.4 Å². The van der Waals surface area contributed by atoms with E-state index in [1.807, 2.05) is 31.5 Å². The smallest absolute Gasteiger partial charge is 0.341 e. The van der Waals surface area contributed by atoms with Crippen molar-refractivity contribution in [1.82, 2.24) is 9.88 Å². The summed E-state index contributed by atoms with van der Waals surface area (Å²) in [4.78, 5) is 26.8. The maximum Gasteiger partial charge on any atom is 0.341 e. The Hall–Kier alpha value is -3.05. The van der Waals surface area contributed by atoms with Gasteiger partial charge in [0.2, 0.25) is 5.43 Å². The van der Waals surface area contributed by atoms with E-state index in [4.69, 9.17) is 4.74 Å². The number of benzene rings is 1. The monoisotopic (exact) mass is 438 g/mol. The second-order valence-corrected chi connectivity index (χ2v) is 9.42. The highest BCUT2D eigenvalue weighted by molar-refractivity contribution is 5.97. The number of hydrogen-bond acceptors (Lipinski definition) is 6. The lowest BCUT2D eigenvalue weighted by Gasteiger charge is -2.33. The van der Waals surface area contributed by atoms with Crippen molar-refractivity contribution in [3.05, 3.63) is 34.1 Å². The number of nitrogens with one attached hydrogen (secondary N) is 1. The summed E-state index contributed by atoms with van der Waals surface area (Å²) in [5, 5.41) is 22.8. The third kappa shape index (κ3) is 3.61. The lowest BCUT2D eigenvalue weighted by molar-refractivity contribution is 0.0695. The number of aromatic carboxylic acids is 1. The number of rotatable bonds is 7. The summed E-state index contributed by atoms with van der Waals surface area (Å²) in [6, 6.07) is 6.24. The molecule has 0 amide bonds. The van der Waals surface area contributed by atoms with Gasteiger partial charge in [0.1, 0.15) is 5.56 Å². The first-order valence-electron chi connectivity index (χ1n) is 11.1. The lowest BCUT2D eigenvalue weighted by Crippen LogP contribution is -2.46. The van der Waals surface area contributed by atoms with Crippen molar-refractivity contribution in [2.75, 3.05) is 32.1 Å². The van der Waals surface area contributed by atoms with E-state index in [-0.39, 0.29) is 23.6 Å². The van der Waals surface area contributed by atoms with Gasteiger partial charge in [-0.1, -0.05) is 0 Å². The molecule has 2 atom stereocenters. The largest absolute Gasteiger partial charge is 0.492 e. The summed E-state index contributed by atoms with van der Waals surface area (Å²) in [5.74, 6) is -0.324. The molecule has 1 saturated heterocycles. The van der Waals surface area contributed by atoms with Gasteiger partial charge in [0.25, 0.3) is 0 Å². The molecule has 0 spiro atoms. The number of hydrogen-bond donors (Lipinski definition) is 2. The van der Waals surface area contributed by atoms with Crippen LogP contribution in [0.2, 0.25) is 0 Å². The molecule has 2 unspecified atom stereocenters. The lowest BCUT2D eigenvalue weighted by atomic mass is 9.78. The molecule has 32 heavy (non-hydrogen) atoms. The molecule has 0 radical (unpaired) electrons. The number of methoxy groups -OCH3 is 1. The third-order valence-electron chi connectivity index (χ3n) is 6.91. The van der Waals surface area contributed by atoms with Crippen LogP contribution in [0.3, 0.4) is 0 Å². The van der Waals surface area contributed by atoms with Crippen LogP contribution in [-0.2, 0) is 0 Å². The first-order chi connectivity index (χ1) is 15.2. The van der Waals surface area contributed by atoms with Crippen LogP contribution in [0.5, 0.6) is 5.75 Å². The summed E-state index contributed by atoms with van der Waals surface area (Å²) >= 11 is 0. The molecule has 1 saturated carbocycles. The molecule has 2 aliphatic rings. The second kappa shape index (κ2) is 8.14. The Kier molecular flexibility index (Phi) is 5.63. The fourth-order valence-electron chi connectivity index (χ4n) is 5.18. The number of nitriles is 1. The Morgan fingerprint density at radius 3 is 2.62 bits per heavy atom. The number of pyridine rings is 1. The Bertz CT molecular complexity index is 1160. The molecular formula is C24H30N4O4. The SMILES string of the molecule is CNC(C1CCN(c2ccc3c(=O)c(C(=O)O)cn(C4CC4)c3c2OC)C1)C(C)(C)C#N. The van der Waals surface area contributed by atoms with Crippen LogP contribution < -0.4 is 20.4 Å². The number of carbonyl (C=O) groups is 1. The van der Waals surface area contributed by atoms with Gasteiger partial charge in [0.15, 0.2) is 5.75 Å². The molecule has 2 N–H and O–H groups in total. The maximum atomic E-state index is 12.9. The van der Waals surface area contributed by atoms with Gasteiger partial charge < -0.3 is 24.6 Å². The first-order valence-corrected chi connectivity index (χ1v) is 11.1. The average molecular weight is 439 g/mol. The van der Waals surface area contributed by atoms with Gasteiger partial charge in [-0.25, -0.2) is 4.79 Å². The predicted octanol–water partition coefficient (Wildman–Crippen LogP) is 3.01. The number of aromatic nitrogens is 1. The van der Waals surface area contributed by atoms with Gasteiger partial charge in [0.05, 0.1) is 35.2 Å². The number of anilines is 1. The van der Waals surface area contributed by atoms with Gasteiger partial charge in [-0.05, 0) is 58.2 Å². The highest BCUT2D eigenvalue weighted by Crippen LogP contribution is 2.44. The van der Waals surface area contributed by atoms with E-state index in [0.717, 1.165) is 38.0 Å². The number of ether oxygens (including phenoxy) is 1. The van der Waals surface area contributed by atoms with Crippen molar-refractivity contribution in [3.8, 4) is 11.8 Å². The van der Waals surface area contributed by atoms with Crippen molar-refractivity contribution >= 4 is 22.6 Å². The minimum atomic E-state index is -1.21. The van der Waals surface area contributed by atoms with E-state index in [1.54, 1.807) is 13.2 Å². The van der Waals surface area contributed by atoms with Crippen LogP contribution in [0.1, 0.15) is 49.5 Å². The molecule has 2 fully saturated rings. The van der Waals surface area contributed by atoms with Crippen molar-refractivity contribution in [3.63, 3.8) is 0 Å². The molecule has 4 rings (SSSR count). The summed E-state index contributed by atoms with van der Waals surface area (Å²) < 4.78 is 7.75. The van der Waals surface area contributed by atoms with E-state index in [0.29, 0.717) is 16.7 Å². The minimum Gasteiger partial charge on any atom is -0.492 e. The highest BCUT2D eigenvalue weighted by Gasteiger charge is 2.39. The Labute approximate surface area is 187 Å².